The molecule has 2 rings (SSSR count). The Bertz CT molecular complexity index is 723. The van der Waals surface area contributed by atoms with Gasteiger partial charge < -0.3 is 10.2 Å². The highest BCUT2D eigenvalue weighted by atomic mass is 35.5. The lowest BCUT2D eigenvalue weighted by Crippen LogP contribution is -2.52. The minimum absolute atomic E-state index is 0.0256. The summed E-state index contributed by atoms with van der Waals surface area (Å²) in [6.07, 6.45) is 0. The summed E-state index contributed by atoms with van der Waals surface area (Å²) in [5.74, 6) is -0.554. The number of rotatable bonds is 5. The van der Waals surface area contributed by atoms with Crippen LogP contribution in [0.1, 0.15) is 13.8 Å². The van der Waals surface area contributed by atoms with Crippen LogP contribution in [0.2, 0.25) is 5.02 Å². The van der Waals surface area contributed by atoms with Crippen molar-refractivity contribution in [3.63, 3.8) is 0 Å². The molecule has 1 heterocycles. The number of thioether (sulfide) groups is 1. The Morgan fingerprint density at radius 3 is 2.28 bits per heavy atom. The van der Waals surface area contributed by atoms with Crippen LogP contribution in [0.3, 0.4) is 0 Å². The van der Waals surface area contributed by atoms with Crippen molar-refractivity contribution in [1.29, 1.82) is 0 Å². The Morgan fingerprint density at radius 1 is 1.16 bits per heavy atom. The van der Waals surface area contributed by atoms with Gasteiger partial charge in [0.25, 0.3) is 0 Å². The molecular weight excluding hydrogens is 384 g/mol. The molecule has 0 saturated carbocycles. The van der Waals surface area contributed by atoms with Gasteiger partial charge in [0.2, 0.25) is 11.8 Å². The fourth-order valence-corrected chi connectivity index (χ4v) is 4.57. The minimum atomic E-state index is -3.04. The van der Waals surface area contributed by atoms with Crippen LogP contribution >= 0.6 is 23.4 Å². The summed E-state index contributed by atoms with van der Waals surface area (Å²) < 4.78 is 22.9. The van der Waals surface area contributed by atoms with Crippen molar-refractivity contribution >= 4 is 45.0 Å². The molecule has 0 bridgehead atoms. The van der Waals surface area contributed by atoms with E-state index in [0.717, 1.165) is 4.90 Å². The predicted octanol–water partition coefficient (Wildman–Crippen LogP) is 1.58. The lowest BCUT2D eigenvalue weighted by molar-refractivity contribution is -0.135. The fraction of sp³-hybridized carbons (Fsp3) is 0.500. The predicted molar refractivity (Wildman–Crippen MR) is 99.6 cm³/mol. The quantitative estimate of drug-likeness (QED) is 0.753. The van der Waals surface area contributed by atoms with Crippen LogP contribution in [0.25, 0.3) is 0 Å². The van der Waals surface area contributed by atoms with Gasteiger partial charge in [-0.1, -0.05) is 11.6 Å². The number of sulfone groups is 1. The van der Waals surface area contributed by atoms with E-state index in [1.165, 1.54) is 16.7 Å². The zero-order valence-corrected chi connectivity index (χ0v) is 16.5. The van der Waals surface area contributed by atoms with E-state index in [-0.39, 0.29) is 41.7 Å². The number of amides is 2. The monoisotopic (exact) mass is 404 g/mol. The summed E-state index contributed by atoms with van der Waals surface area (Å²) in [4.78, 5) is 27.0. The maximum Gasteiger partial charge on any atom is 0.244 e. The number of nitrogens with zero attached hydrogens (tertiary/aromatic N) is 1. The topological polar surface area (TPSA) is 83.6 Å². The molecule has 2 atom stereocenters. The third-order valence-electron chi connectivity index (χ3n) is 3.88. The van der Waals surface area contributed by atoms with Crippen LogP contribution in [0.15, 0.2) is 29.2 Å². The number of benzene rings is 1. The standard InChI is InChI=1S/C16H21ClN2O4S2/c1-11(16(21)19-7-9-25(22,23)10-8-19)18-15(20)12(2)24-14-5-3-13(17)4-6-14/h3-6,11-12H,7-10H2,1-2H3,(H,18,20). The molecule has 1 saturated heterocycles. The minimum Gasteiger partial charge on any atom is -0.344 e. The molecule has 6 nitrogen and oxygen atoms in total. The Kier molecular flexibility index (Phi) is 6.76. The molecule has 1 aliphatic rings. The lowest BCUT2D eigenvalue weighted by atomic mass is 10.2. The molecule has 1 N–H and O–H groups in total. The Labute approximate surface area is 157 Å². The van der Waals surface area contributed by atoms with Gasteiger partial charge in [0.1, 0.15) is 6.04 Å². The van der Waals surface area contributed by atoms with Crippen LogP contribution in [0.4, 0.5) is 0 Å². The van der Waals surface area contributed by atoms with Gasteiger partial charge in [-0.3, -0.25) is 9.59 Å². The highest BCUT2D eigenvalue weighted by Gasteiger charge is 2.29. The number of nitrogens with one attached hydrogen (secondary N) is 1. The van der Waals surface area contributed by atoms with Crippen LogP contribution in [-0.2, 0) is 19.4 Å². The van der Waals surface area contributed by atoms with E-state index in [9.17, 15) is 18.0 Å². The van der Waals surface area contributed by atoms with E-state index in [4.69, 9.17) is 11.6 Å². The van der Waals surface area contributed by atoms with Gasteiger partial charge in [-0.15, -0.1) is 11.8 Å². The zero-order chi connectivity index (χ0) is 18.6. The highest BCUT2D eigenvalue weighted by molar-refractivity contribution is 8.00. The first kappa shape index (κ1) is 20.1. The molecule has 0 aliphatic carbocycles. The molecule has 138 valence electrons. The van der Waals surface area contributed by atoms with E-state index >= 15 is 0 Å². The molecule has 1 fully saturated rings. The Morgan fingerprint density at radius 2 is 1.72 bits per heavy atom. The van der Waals surface area contributed by atoms with Crippen molar-refractivity contribution < 1.29 is 18.0 Å². The molecule has 25 heavy (non-hydrogen) atoms. The second-order valence-electron chi connectivity index (χ2n) is 5.92. The van der Waals surface area contributed by atoms with E-state index in [0.29, 0.717) is 5.02 Å². The van der Waals surface area contributed by atoms with E-state index in [1.54, 1.807) is 26.0 Å². The zero-order valence-electron chi connectivity index (χ0n) is 14.1. The summed E-state index contributed by atoms with van der Waals surface area (Å²) in [6.45, 7) is 3.73. The molecular formula is C16H21ClN2O4S2. The maximum atomic E-state index is 12.4. The number of halogens is 1. The summed E-state index contributed by atoms with van der Waals surface area (Å²) in [5.41, 5.74) is 0. The number of hydrogen-bond acceptors (Lipinski definition) is 5. The van der Waals surface area contributed by atoms with Crippen molar-refractivity contribution in [3.05, 3.63) is 29.3 Å². The van der Waals surface area contributed by atoms with E-state index in [1.807, 2.05) is 12.1 Å². The molecule has 2 unspecified atom stereocenters. The van der Waals surface area contributed by atoms with Gasteiger partial charge in [0, 0.05) is 23.0 Å². The Hall–Kier alpha value is -1.25. The first-order valence-electron chi connectivity index (χ1n) is 7.90. The summed E-state index contributed by atoms with van der Waals surface area (Å²) in [6, 6.07) is 6.48. The van der Waals surface area contributed by atoms with E-state index in [2.05, 4.69) is 5.32 Å². The van der Waals surface area contributed by atoms with Crippen molar-refractivity contribution in [3.8, 4) is 0 Å². The molecule has 0 aromatic heterocycles. The summed E-state index contributed by atoms with van der Waals surface area (Å²) in [7, 11) is -3.04. The van der Waals surface area contributed by atoms with Gasteiger partial charge >= 0.3 is 0 Å². The van der Waals surface area contributed by atoms with Crippen LogP contribution in [0.5, 0.6) is 0 Å². The van der Waals surface area contributed by atoms with Crippen molar-refractivity contribution in [2.75, 3.05) is 24.6 Å². The fourth-order valence-electron chi connectivity index (χ4n) is 2.37. The van der Waals surface area contributed by atoms with Crippen molar-refractivity contribution in [2.24, 2.45) is 0 Å². The Balaban J connectivity index is 1.86. The average Bonchev–Trinajstić information content (AvgIpc) is 2.56. The molecule has 2 amide bonds. The second kappa shape index (κ2) is 8.42. The number of hydrogen-bond donors (Lipinski definition) is 1. The smallest absolute Gasteiger partial charge is 0.244 e. The number of carbonyl (C=O) groups excluding carboxylic acids is 2. The van der Waals surface area contributed by atoms with Crippen molar-refractivity contribution in [1.82, 2.24) is 10.2 Å². The third kappa shape index (κ3) is 5.90. The van der Waals surface area contributed by atoms with Crippen LogP contribution in [0, 0.1) is 0 Å². The molecule has 0 radical (unpaired) electrons. The van der Waals surface area contributed by atoms with Gasteiger partial charge in [-0.2, -0.15) is 0 Å². The molecule has 1 aromatic carbocycles. The SMILES string of the molecule is CC(NC(=O)C(C)Sc1ccc(Cl)cc1)C(=O)N1CCS(=O)(=O)CC1. The highest BCUT2D eigenvalue weighted by Crippen LogP contribution is 2.24. The van der Waals surface area contributed by atoms with Gasteiger partial charge in [-0.05, 0) is 38.1 Å². The molecule has 1 aromatic rings. The lowest BCUT2D eigenvalue weighted by Gasteiger charge is -2.29. The largest absolute Gasteiger partial charge is 0.344 e. The van der Waals surface area contributed by atoms with Gasteiger partial charge in [0.05, 0.1) is 16.8 Å². The third-order valence-corrected chi connectivity index (χ3v) is 6.85. The first-order valence-corrected chi connectivity index (χ1v) is 11.0. The number of carbonyl (C=O) groups is 2. The van der Waals surface area contributed by atoms with Crippen LogP contribution in [-0.4, -0.2) is 61.0 Å². The first-order chi connectivity index (χ1) is 11.7. The maximum absolute atomic E-state index is 12.4. The molecule has 1 aliphatic heterocycles. The second-order valence-corrected chi connectivity index (χ2v) is 10.1. The van der Waals surface area contributed by atoms with Crippen molar-refractivity contribution in [2.45, 2.75) is 30.0 Å². The summed E-state index contributed by atoms with van der Waals surface area (Å²) >= 11 is 7.21. The normalized spacial score (nSPS) is 19.1. The van der Waals surface area contributed by atoms with Crippen LogP contribution < -0.4 is 5.32 Å². The average molecular weight is 405 g/mol. The van der Waals surface area contributed by atoms with Gasteiger partial charge in [-0.25, -0.2) is 8.42 Å². The summed E-state index contributed by atoms with van der Waals surface area (Å²) in [5, 5.41) is 2.95. The molecule has 9 heteroatoms. The molecule has 0 spiro atoms. The van der Waals surface area contributed by atoms with Gasteiger partial charge in [0.15, 0.2) is 9.84 Å². The van der Waals surface area contributed by atoms with E-state index < -0.39 is 15.9 Å².